The molecule has 0 aromatic heterocycles. The minimum atomic E-state index is -3.64. The van der Waals surface area contributed by atoms with Gasteiger partial charge in [-0.3, -0.25) is 14.9 Å². The molecule has 0 radical (unpaired) electrons. The van der Waals surface area contributed by atoms with Gasteiger partial charge < -0.3 is 5.32 Å². The second-order valence-corrected chi connectivity index (χ2v) is 7.85. The Hall–Kier alpha value is -2.78. The number of hydrogen-bond donors (Lipinski definition) is 1. The largest absolute Gasteiger partial charge is 0.352 e. The highest BCUT2D eigenvalue weighted by atomic mass is 32.2. The Morgan fingerprint density at radius 3 is 2.27 bits per heavy atom. The van der Waals surface area contributed by atoms with Crippen molar-refractivity contribution in [1.29, 1.82) is 0 Å². The van der Waals surface area contributed by atoms with E-state index in [9.17, 15) is 23.3 Å². The van der Waals surface area contributed by atoms with Crippen LogP contribution in [0.4, 0.5) is 5.69 Å². The molecule has 0 saturated heterocycles. The molecular formula is C17H19N3O5S. The number of sulfonamides is 1. The molecule has 2 aromatic carbocycles. The highest BCUT2D eigenvalue weighted by molar-refractivity contribution is 7.89. The number of carbonyl (C=O) groups excluding carboxylic acids is 1. The van der Waals surface area contributed by atoms with Crippen molar-refractivity contribution in [2.45, 2.75) is 17.9 Å². The molecule has 0 saturated carbocycles. The summed E-state index contributed by atoms with van der Waals surface area (Å²) in [6.45, 7) is 0.00269. The minimum absolute atomic E-state index is 0.00269. The van der Waals surface area contributed by atoms with Crippen LogP contribution in [0.2, 0.25) is 0 Å². The SMILES string of the molecule is CN(C)S(=O)(=O)c1ccccc1CNC(=O)Cc1ccccc1[N+](=O)[O-]. The van der Waals surface area contributed by atoms with Crippen molar-refractivity contribution in [3.63, 3.8) is 0 Å². The molecule has 26 heavy (non-hydrogen) atoms. The smallest absolute Gasteiger partial charge is 0.273 e. The summed E-state index contributed by atoms with van der Waals surface area (Å²) in [6.07, 6.45) is -0.167. The number of nitrogens with one attached hydrogen (secondary N) is 1. The van der Waals surface area contributed by atoms with Gasteiger partial charge in [-0.1, -0.05) is 36.4 Å². The Labute approximate surface area is 151 Å². The summed E-state index contributed by atoms with van der Waals surface area (Å²) in [5, 5.41) is 13.6. The van der Waals surface area contributed by atoms with E-state index in [1.54, 1.807) is 24.3 Å². The van der Waals surface area contributed by atoms with Crippen molar-refractivity contribution in [1.82, 2.24) is 9.62 Å². The molecule has 2 aromatic rings. The summed E-state index contributed by atoms with van der Waals surface area (Å²) in [5.41, 5.74) is 0.611. The maximum atomic E-state index is 12.3. The fourth-order valence-electron chi connectivity index (χ4n) is 2.37. The van der Waals surface area contributed by atoms with E-state index in [0.717, 1.165) is 4.31 Å². The van der Waals surface area contributed by atoms with E-state index in [2.05, 4.69) is 5.32 Å². The molecule has 0 unspecified atom stereocenters. The van der Waals surface area contributed by atoms with E-state index >= 15 is 0 Å². The van der Waals surface area contributed by atoms with Gasteiger partial charge in [-0.15, -0.1) is 0 Å². The zero-order chi connectivity index (χ0) is 19.3. The van der Waals surface area contributed by atoms with E-state index in [-0.39, 0.29) is 23.5 Å². The summed E-state index contributed by atoms with van der Waals surface area (Å²) in [7, 11) is -0.780. The first-order valence-electron chi connectivity index (χ1n) is 7.73. The van der Waals surface area contributed by atoms with Gasteiger partial charge in [0.05, 0.1) is 16.2 Å². The number of para-hydroxylation sites is 1. The van der Waals surface area contributed by atoms with Gasteiger partial charge >= 0.3 is 0 Å². The van der Waals surface area contributed by atoms with Crippen LogP contribution >= 0.6 is 0 Å². The van der Waals surface area contributed by atoms with E-state index in [4.69, 9.17) is 0 Å². The second-order valence-electron chi connectivity index (χ2n) is 5.73. The fourth-order valence-corrected chi connectivity index (χ4v) is 3.48. The van der Waals surface area contributed by atoms with Crippen LogP contribution in [0.1, 0.15) is 11.1 Å². The normalized spacial score (nSPS) is 11.3. The van der Waals surface area contributed by atoms with Crippen LogP contribution in [-0.4, -0.2) is 37.6 Å². The van der Waals surface area contributed by atoms with Crippen molar-refractivity contribution in [3.8, 4) is 0 Å². The molecule has 0 aliphatic heterocycles. The summed E-state index contributed by atoms with van der Waals surface area (Å²) in [6, 6.07) is 12.4. The Morgan fingerprint density at radius 1 is 1.08 bits per heavy atom. The predicted octanol–water partition coefficient (Wildman–Crippen LogP) is 1.70. The standard InChI is InChI=1S/C17H19N3O5S/c1-19(2)26(24,25)16-10-6-4-8-14(16)12-18-17(21)11-13-7-3-5-9-15(13)20(22)23/h3-10H,11-12H2,1-2H3,(H,18,21). The van der Waals surface area contributed by atoms with Gasteiger partial charge in [0.25, 0.3) is 5.69 Å². The zero-order valence-electron chi connectivity index (χ0n) is 14.4. The van der Waals surface area contributed by atoms with Gasteiger partial charge in [-0.05, 0) is 11.6 Å². The fraction of sp³-hybridized carbons (Fsp3) is 0.235. The van der Waals surface area contributed by atoms with E-state index in [1.165, 1.54) is 38.4 Å². The number of hydrogen-bond acceptors (Lipinski definition) is 5. The van der Waals surface area contributed by atoms with Gasteiger partial charge in [0, 0.05) is 32.3 Å². The molecule has 8 nitrogen and oxygen atoms in total. The quantitative estimate of drug-likeness (QED) is 0.583. The molecule has 0 atom stereocenters. The number of amides is 1. The Kier molecular flexibility index (Phi) is 6.06. The maximum absolute atomic E-state index is 12.3. The molecule has 0 bridgehead atoms. The number of carbonyl (C=O) groups is 1. The van der Waals surface area contributed by atoms with Crippen molar-refractivity contribution >= 4 is 21.6 Å². The highest BCUT2D eigenvalue weighted by Crippen LogP contribution is 2.20. The summed E-state index contributed by atoms with van der Waals surface area (Å²) < 4.78 is 25.8. The first-order valence-corrected chi connectivity index (χ1v) is 9.17. The van der Waals surface area contributed by atoms with Crippen LogP contribution in [0, 0.1) is 10.1 Å². The van der Waals surface area contributed by atoms with Crippen LogP contribution < -0.4 is 5.32 Å². The molecule has 138 valence electrons. The zero-order valence-corrected chi connectivity index (χ0v) is 15.2. The van der Waals surface area contributed by atoms with Crippen molar-refractivity contribution < 1.29 is 18.1 Å². The topological polar surface area (TPSA) is 110 Å². The molecule has 9 heteroatoms. The average molecular weight is 377 g/mol. The molecule has 1 N–H and O–H groups in total. The predicted molar refractivity (Wildman–Crippen MR) is 96.0 cm³/mol. The molecule has 2 rings (SSSR count). The average Bonchev–Trinajstić information content (AvgIpc) is 2.60. The Balaban J connectivity index is 2.13. The van der Waals surface area contributed by atoms with E-state index < -0.39 is 20.9 Å². The third-order valence-electron chi connectivity index (χ3n) is 3.75. The number of rotatable bonds is 7. The van der Waals surface area contributed by atoms with E-state index in [0.29, 0.717) is 11.1 Å². The Bertz CT molecular complexity index is 926. The minimum Gasteiger partial charge on any atom is -0.352 e. The second kappa shape index (κ2) is 8.07. The highest BCUT2D eigenvalue weighted by Gasteiger charge is 2.21. The summed E-state index contributed by atoms with van der Waals surface area (Å²) >= 11 is 0. The molecule has 0 aliphatic rings. The molecule has 0 heterocycles. The van der Waals surface area contributed by atoms with Gasteiger partial charge in [0.15, 0.2) is 0 Å². The van der Waals surface area contributed by atoms with Gasteiger partial charge in [-0.25, -0.2) is 12.7 Å². The van der Waals surface area contributed by atoms with Crippen LogP contribution in [0.3, 0.4) is 0 Å². The number of nitrogens with zero attached hydrogens (tertiary/aromatic N) is 2. The summed E-state index contributed by atoms with van der Waals surface area (Å²) in [4.78, 5) is 22.7. The van der Waals surface area contributed by atoms with Crippen LogP contribution in [-0.2, 0) is 27.8 Å². The van der Waals surface area contributed by atoms with Gasteiger partial charge in [0.1, 0.15) is 0 Å². The lowest BCUT2D eigenvalue weighted by atomic mass is 10.1. The van der Waals surface area contributed by atoms with Crippen LogP contribution in [0.5, 0.6) is 0 Å². The van der Waals surface area contributed by atoms with Gasteiger partial charge in [0.2, 0.25) is 15.9 Å². The molecule has 0 aliphatic carbocycles. The first kappa shape index (κ1) is 19.5. The monoisotopic (exact) mass is 377 g/mol. The number of benzene rings is 2. The number of nitro groups is 1. The lowest BCUT2D eigenvalue weighted by Crippen LogP contribution is -2.28. The molecule has 0 fully saturated rings. The lowest BCUT2D eigenvalue weighted by molar-refractivity contribution is -0.385. The van der Waals surface area contributed by atoms with Gasteiger partial charge in [-0.2, -0.15) is 0 Å². The molecular weight excluding hydrogens is 358 g/mol. The van der Waals surface area contributed by atoms with Crippen molar-refractivity contribution in [3.05, 3.63) is 69.8 Å². The van der Waals surface area contributed by atoms with Crippen molar-refractivity contribution in [2.24, 2.45) is 0 Å². The van der Waals surface area contributed by atoms with E-state index in [1.807, 2.05) is 0 Å². The maximum Gasteiger partial charge on any atom is 0.273 e. The molecule has 1 amide bonds. The number of nitro benzene ring substituents is 1. The van der Waals surface area contributed by atoms with Crippen LogP contribution in [0.15, 0.2) is 53.4 Å². The van der Waals surface area contributed by atoms with Crippen LogP contribution in [0.25, 0.3) is 0 Å². The Morgan fingerprint density at radius 2 is 1.65 bits per heavy atom. The van der Waals surface area contributed by atoms with Crippen molar-refractivity contribution in [2.75, 3.05) is 14.1 Å². The first-order chi connectivity index (χ1) is 12.2. The third kappa shape index (κ3) is 4.44. The summed E-state index contributed by atoms with van der Waals surface area (Å²) in [5.74, 6) is -0.434. The molecule has 0 spiro atoms. The third-order valence-corrected chi connectivity index (χ3v) is 5.66. The lowest BCUT2D eigenvalue weighted by Gasteiger charge is -2.15.